The minimum Gasteiger partial charge on any atom is -0.330 e. The van der Waals surface area contributed by atoms with Gasteiger partial charge in [-0.3, -0.25) is 4.79 Å². The maximum absolute atomic E-state index is 11.6. The summed E-state index contributed by atoms with van der Waals surface area (Å²) >= 11 is 4.90. The van der Waals surface area contributed by atoms with Gasteiger partial charge in [0, 0.05) is 22.3 Å². The molecule has 14 heavy (non-hydrogen) atoms. The van der Waals surface area contributed by atoms with Gasteiger partial charge in [-0.05, 0) is 12.1 Å². The molecule has 76 valence electrons. The second-order valence-corrected chi connectivity index (χ2v) is 4.79. The molecular weight excluding hydrogens is 262 g/mol. The third-order valence-electron chi connectivity index (χ3n) is 1.66. The van der Waals surface area contributed by atoms with E-state index in [0.29, 0.717) is 12.3 Å². The van der Waals surface area contributed by atoms with Crippen LogP contribution in [-0.4, -0.2) is 23.8 Å². The highest BCUT2D eigenvalue weighted by Gasteiger charge is 2.04. The van der Waals surface area contributed by atoms with Crippen molar-refractivity contribution in [3.05, 3.63) is 34.3 Å². The maximum atomic E-state index is 11.6. The fraction of sp³-hybridized carbons (Fsp3) is 0.300. The Morgan fingerprint density at radius 2 is 2.00 bits per heavy atom. The Bertz CT molecular complexity index is 299. The minimum atomic E-state index is 0.163. The molecule has 2 N–H and O–H groups in total. The van der Waals surface area contributed by atoms with Gasteiger partial charge in [0.2, 0.25) is 0 Å². The van der Waals surface area contributed by atoms with Gasteiger partial charge in [0.1, 0.15) is 0 Å². The number of carbonyl (C=O) groups is 1. The Morgan fingerprint density at radius 3 is 2.57 bits per heavy atom. The first kappa shape index (κ1) is 11.8. The molecule has 0 amide bonds. The van der Waals surface area contributed by atoms with Crippen molar-refractivity contribution in [3.8, 4) is 0 Å². The van der Waals surface area contributed by atoms with Crippen molar-refractivity contribution >= 4 is 33.5 Å². The van der Waals surface area contributed by atoms with E-state index in [1.807, 2.05) is 24.3 Å². The van der Waals surface area contributed by atoms with Crippen molar-refractivity contribution in [2.75, 3.05) is 18.1 Å². The lowest BCUT2D eigenvalue weighted by Crippen LogP contribution is -2.06. The van der Waals surface area contributed by atoms with Crippen LogP contribution in [0.2, 0.25) is 0 Å². The number of nitrogens with two attached hydrogens (primary N) is 1. The van der Waals surface area contributed by atoms with E-state index in [1.54, 1.807) is 11.8 Å². The molecule has 0 fully saturated rings. The second kappa shape index (κ2) is 6.22. The van der Waals surface area contributed by atoms with Crippen molar-refractivity contribution in [2.24, 2.45) is 5.73 Å². The third-order valence-corrected chi connectivity index (χ3v) is 3.18. The molecule has 1 aromatic carbocycles. The topological polar surface area (TPSA) is 43.1 Å². The normalized spacial score (nSPS) is 10.1. The maximum Gasteiger partial charge on any atom is 0.172 e. The average molecular weight is 274 g/mol. The third kappa shape index (κ3) is 3.82. The zero-order chi connectivity index (χ0) is 10.4. The minimum absolute atomic E-state index is 0.163. The van der Waals surface area contributed by atoms with Gasteiger partial charge in [0.15, 0.2) is 5.78 Å². The first-order chi connectivity index (χ1) is 6.74. The average Bonchev–Trinajstić information content (AvgIpc) is 2.19. The zero-order valence-corrected chi connectivity index (χ0v) is 10.1. The fourth-order valence-electron chi connectivity index (χ4n) is 0.967. The Balaban J connectivity index is 2.48. The molecule has 1 rings (SSSR count). The van der Waals surface area contributed by atoms with Crippen LogP contribution in [-0.2, 0) is 0 Å². The van der Waals surface area contributed by atoms with Gasteiger partial charge in [-0.1, -0.05) is 28.1 Å². The van der Waals surface area contributed by atoms with Crippen LogP contribution in [0.4, 0.5) is 0 Å². The monoisotopic (exact) mass is 273 g/mol. The van der Waals surface area contributed by atoms with Crippen molar-refractivity contribution in [3.63, 3.8) is 0 Å². The summed E-state index contributed by atoms with van der Waals surface area (Å²) in [5, 5.41) is 0. The Kier molecular flexibility index (Phi) is 5.22. The summed E-state index contributed by atoms with van der Waals surface area (Å²) < 4.78 is 0.990. The van der Waals surface area contributed by atoms with Crippen LogP contribution in [0.3, 0.4) is 0 Å². The quantitative estimate of drug-likeness (QED) is 0.662. The molecule has 0 atom stereocenters. The number of carbonyl (C=O) groups excluding carboxylic acids is 1. The number of Topliss-reactive ketones (excluding diaryl/α,β-unsaturated/α-hetero) is 1. The first-order valence-corrected chi connectivity index (χ1v) is 6.25. The van der Waals surface area contributed by atoms with Crippen LogP contribution in [0.5, 0.6) is 0 Å². The number of rotatable bonds is 5. The summed E-state index contributed by atoms with van der Waals surface area (Å²) in [5.74, 6) is 1.51. The van der Waals surface area contributed by atoms with Crippen LogP contribution in [0.15, 0.2) is 28.7 Å². The van der Waals surface area contributed by atoms with E-state index >= 15 is 0 Å². The summed E-state index contributed by atoms with van der Waals surface area (Å²) in [6.07, 6.45) is 0. The molecule has 0 heterocycles. The molecule has 0 unspecified atom stereocenters. The summed E-state index contributed by atoms with van der Waals surface area (Å²) in [4.78, 5) is 11.6. The van der Waals surface area contributed by atoms with Crippen LogP contribution in [0.1, 0.15) is 10.4 Å². The molecule has 0 spiro atoms. The molecule has 0 aliphatic heterocycles. The molecule has 1 aromatic rings. The number of hydrogen-bond donors (Lipinski definition) is 1. The Labute approximate surface area is 96.4 Å². The van der Waals surface area contributed by atoms with Crippen LogP contribution in [0.25, 0.3) is 0 Å². The number of halogens is 1. The molecule has 0 saturated heterocycles. The highest BCUT2D eigenvalue weighted by atomic mass is 79.9. The number of ketones is 1. The molecule has 0 aromatic heterocycles. The van der Waals surface area contributed by atoms with E-state index in [0.717, 1.165) is 15.8 Å². The van der Waals surface area contributed by atoms with Crippen molar-refractivity contribution in [2.45, 2.75) is 0 Å². The number of benzene rings is 1. The predicted molar refractivity (Wildman–Crippen MR) is 64.9 cm³/mol. The van der Waals surface area contributed by atoms with Gasteiger partial charge in [-0.25, -0.2) is 0 Å². The van der Waals surface area contributed by atoms with E-state index < -0.39 is 0 Å². The molecule has 4 heteroatoms. The fourth-order valence-corrected chi connectivity index (χ4v) is 1.89. The van der Waals surface area contributed by atoms with E-state index in [1.165, 1.54) is 0 Å². The zero-order valence-electron chi connectivity index (χ0n) is 7.70. The van der Waals surface area contributed by atoms with E-state index in [2.05, 4.69) is 15.9 Å². The lowest BCUT2D eigenvalue weighted by atomic mass is 10.2. The first-order valence-electron chi connectivity index (χ1n) is 4.30. The molecule has 0 saturated carbocycles. The van der Waals surface area contributed by atoms with Crippen molar-refractivity contribution in [1.29, 1.82) is 0 Å². The smallest absolute Gasteiger partial charge is 0.172 e. The molecule has 0 aliphatic carbocycles. The lowest BCUT2D eigenvalue weighted by Gasteiger charge is -2.00. The molecule has 0 radical (unpaired) electrons. The van der Waals surface area contributed by atoms with Crippen molar-refractivity contribution in [1.82, 2.24) is 0 Å². The van der Waals surface area contributed by atoms with Crippen LogP contribution in [0, 0.1) is 0 Å². The largest absolute Gasteiger partial charge is 0.330 e. The lowest BCUT2D eigenvalue weighted by molar-refractivity contribution is 0.102. The second-order valence-electron chi connectivity index (χ2n) is 2.77. The summed E-state index contributed by atoms with van der Waals surface area (Å²) in [5.41, 5.74) is 6.10. The predicted octanol–water partition coefficient (Wildman–Crippen LogP) is 2.32. The van der Waals surface area contributed by atoms with Gasteiger partial charge in [-0.2, -0.15) is 11.8 Å². The highest BCUT2D eigenvalue weighted by Crippen LogP contribution is 2.12. The molecule has 0 bridgehead atoms. The molecule has 2 nitrogen and oxygen atoms in total. The van der Waals surface area contributed by atoms with Crippen LogP contribution >= 0.6 is 27.7 Å². The Hall–Kier alpha value is -0.320. The van der Waals surface area contributed by atoms with Gasteiger partial charge in [-0.15, -0.1) is 0 Å². The van der Waals surface area contributed by atoms with E-state index in [9.17, 15) is 4.79 Å². The van der Waals surface area contributed by atoms with Gasteiger partial charge in [0.05, 0.1) is 5.75 Å². The Morgan fingerprint density at radius 1 is 1.36 bits per heavy atom. The molecule has 0 aliphatic rings. The van der Waals surface area contributed by atoms with Crippen molar-refractivity contribution < 1.29 is 4.79 Å². The number of thioether (sulfide) groups is 1. The van der Waals surface area contributed by atoms with Gasteiger partial charge < -0.3 is 5.73 Å². The summed E-state index contributed by atoms with van der Waals surface area (Å²) in [6, 6.07) is 7.41. The van der Waals surface area contributed by atoms with Gasteiger partial charge in [0.25, 0.3) is 0 Å². The number of hydrogen-bond acceptors (Lipinski definition) is 3. The van der Waals surface area contributed by atoms with Crippen LogP contribution < -0.4 is 5.73 Å². The SMILES string of the molecule is NCCSCC(=O)c1ccc(Br)cc1. The molecular formula is C10H12BrNOS. The van der Waals surface area contributed by atoms with E-state index in [-0.39, 0.29) is 5.78 Å². The standard InChI is InChI=1S/C10H12BrNOS/c11-9-3-1-8(2-4-9)10(13)7-14-6-5-12/h1-4H,5-7,12H2. The summed E-state index contributed by atoms with van der Waals surface area (Å²) in [6.45, 7) is 0.623. The highest BCUT2D eigenvalue weighted by molar-refractivity contribution is 9.10. The summed E-state index contributed by atoms with van der Waals surface area (Å²) in [7, 11) is 0. The van der Waals surface area contributed by atoms with Gasteiger partial charge >= 0.3 is 0 Å². The van der Waals surface area contributed by atoms with E-state index in [4.69, 9.17) is 5.73 Å².